The Balaban J connectivity index is 2.94. The van der Waals surface area contributed by atoms with E-state index in [2.05, 4.69) is 0 Å². The quantitative estimate of drug-likeness (QED) is 0.458. The predicted molar refractivity (Wildman–Crippen MR) is 76.6 cm³/mol. The van der Waals surface area contributed by atoms with Gasteiger partial charge in [-0.2, -0.15) is 0 Å². The molecule has 110 valence electrons. The number of amides is 1. The Hall–Kier alpha value is -1.37. The van der Waals surface area contributed by atoms with E-state index in [1.165, 1.54) is 31.2 Å². The van der Waals surface area contributed by atoms with Crippen molar-refractivity contribution >= 4 is 34.8 Å². The second-order valence-electron chi connectivity index (χ2n) is 4.16. The van der Waals surface area contributed by atoms with Crippen LogP contribution in [0.1, 0.15) is 10.4 Å². The van der Waals surface area contributed by atoms with Gasteiger partial charge in [0.25, 0.3) is 11.6 Å². The maximum absolute atomic E-state index is 12.2. The van der Waals surface area contributed by atoms with Crippen LogP contribution in [0.25, 0.3) is 0 Å². The van der Waals surface area contributed by atoms with Gasteiger partial charge in [0.05, 0.1) is 16.9 Å². The largest absolute Gasteiger partial charge is 0.383 e. The molecule has 1 atom stereocenters. The van der Waals surface area contributed by atoms with Crippen LogP contribution in [0, 0.1) is 10.1 Å². The summed E-state index contributed by atoms with van der Waals surface area (Å²) in [5, 5.41) is 10.8. The Morgan fingerprint density at radius 3 is 2.75 bits per heavy atom. The number of halogens is 2. The van der Waals surface area contributed by atoms with Gasteiger partial charge in [0, 0.05) is 31.8 Å². The summed E-state index contributed by atoms with van der Waals surface area (Å²) in [5.41, 5.74) is -0.351. The normalized spacial score (nSPS) is 12.0. The van der Waals surface area contributed by atoms with Crippen LogP contribution in [0.15, 0.2) is 18.2 Å². The highest BCUT2D eigenvalue weighted by atomic mass is 35.5. The fourth-order valence-corrected chi connectivity index (χ4v) is 2.16. The minimum absolute atomic E-state index is 0.0248. The van der Waals surface area contributed by atoms with E-state index in [0.29, 0.717) is 0 Å². The van der Waals surface area contributed by atoms with E-state index in [1.807, 2.05) is 0 Å². The van der Waals surface area contributed by atoms with Crippen molar-refractivity contribution < 1.29 is 14.5 Å². The molecule has 0 radical (unpaired) electrons. The number of hydrogen-bond acceptors (Lipinski definition) is 4. The fourth-order valence-electron chi connectivity index (χ4n) is 1.66. The number of rotatable bonds is 6. The molecule has 6 nitrogen and oxygen atoms in total. The molecule has 1 amide bonds. The van der Waals surface area contributed by atoms with Crippen molar-refractivity contribution in [1.82, 2.24) is 4.90 Å². The number of carbonyl (C=O) groups is 1. The number of hydrogen-bond donors (Lipinski definition) is 0. The van der Waals surface area contributed by atoms with Crippen molar-refractivity contribution in [3.05, 3.63) is 38.9 Å². The van der Waals surface area contributed by atoms with Crippen molar-refractivity contribution in [1.29, 1.82) is 0 Å². The molecule has 0 heterocycles. The van der Waals surface area contributed by atoms with E-state index < -0.39 is 10.8 Å². The summed E-state index contributed by atoms with van der Waals surface area (Å²) in [4.78, 5) is 23.8. The molecule has 0 bridgehead atoms. The lowest BCUT2D eigenvalue weighted by atomic mass is 10.1. The number of benzene rings is 1. The molecule has 8 heteroatoms. The van der Waals surface area contributed by atoms with E-state index in [0.717, 1.165) is 6.07 Å². The predicted octanol–water partition coefficient (Wildman–Crippen LogP) is 2.57. The Labute approximate surface area is 126 Å². The molecule has 0 aliphatic rings. The summed E-state index contributed by atoms with van der Waals surface area (Å²) in [7, 11) is 3.02. The van der Waals surface area contributed by atoms with Gasteiger partial charge in [-0.15, -0.1) is 11.6 Å². The minimum atomic E-state index is -0.639. The van der Waals surface area contributed by atoms with Gasteiger partial charge in [-0.1, -0.05) is 11.6 Å². The van der Waals surface area contributed by atoms with Crippen molar-refractivity contribution in [2.75, 3.05) is 27.3 Å². The topological polar surface area (TPSA) is 72.7 Å². The van der Waals surface area contributed by atoms with Crippen molar-refractivity contribution in [3.63, 3.8) is 0 Å². The molecule has 0 aliphatic carbocycles. The standard InChI is InChI=1S/C12H14Cl2N2O4/c1-15(6-9(14)7-20-2)12(17)10-4-3-8(13)5-11(10)16(18)19/h3-5,9H,6-7H2,1-2H3. The Kier molecular flexibility index (Phi) is 6.19. The second kappa shape index (κ2) is 7.42. The highest BCUT2D eigenvalue weighted by Crippen LogP contribution is 2.24. The van der Waals surface area contributed by atoms with E-state index >= 15 is 0 Å². The van der Waals surface area contributed by atoms with Gasteiger partial charge < -0.3 is 9.64 Å². The van der Waals surface area contributed by atoms with E-state index in [4.69, 9.17) is 27.9 Å². The first kappa shape index (κ1) is 16.7. The molecule has 20 heavy (non-hydrogen) atoms. The maximum atomic E-state index is 12.2. The van der Waals surface area contributed by atoms with Crippen LogP contribution in [0.4, 0.5) is 5.69 Å². The lowest BCUT2D eigenvalue weighted by molar-refractivity contribution is -0.385. The molecular formula is C12H14Cl2N2O4. The Bertz CT molecular complexity index is 510. The van der Waals surface area contributed by atoms with Gasteiger partial charge >= 0.3 is 0 Å². The number of methoxy groups -OCH3 is 1. The first-order valence-corrected chi connectivity index (χ1v) is 6.50. The molecule has 0 aliphatic heterocycles. The van der Waals surface area contributed by atoms with Crippen LogP contribution in [-0.4, -0.2) is 48.4 Å². The third-order valence-electron chi connectivity index (χ3n) is 2.55. The lowest BCUT2D eigenvalue weighted by Gasteiger charge is -2.20. The number of alkyl halides is 1. The van der Waals surface area contributed by atoms with Gasteiger partial charge in [0.2, 0.25) is 0 Å². The minimum Gasteiger partial charge on any atom is -0.383 e. The van der Waals surface area contributed by atoms with E-state index in [1.54, 1.807) is 0 Å². The van der Waals surface area contributed by atoms with Crippen LogP contribution in [0.3, 0.4) is 0 Å². The summed E-state index contributed by atoms with van der Waals surface area (Å²) >= 11 is 11.7. The maximum Gasteiger partial charge on any atom is 0.283 e. The van der Waals surface area contributed by atoms with Crippen LogP contribution >= 0.6 is 23.2 Å². The summed E-state index contributed by atoms with van der Waals surface area (Å²) < 4.78 is 4.87. The molecule has 1 aromatic carbocycles. The third-order valence-corrected chi connectivity index (χ3v) is 3.05. The number of nitro benzene ring substituents is 1. The summed E-state index contributed by atoms with van der Waals surface area (Å²) in [5.74, 6) is -0.491. The average molecular weight is 321 g/mol. The van der Waals surface area contributed by atoms with Gasteiger partial charge in [0.1, 0.15) is 5.56 Å². The van der Waals surface area contributed by atoms with E-state index in [9.17, 15) is 14.9 Å². The zero-order valence-electron chi connectivity index (χ0n) is 11.0. The molecule has 0 spiro atoms. The Morgan fingerprint density at radius 2 is 2.20 bits per heavy atom. The smallest absolute Gasteiger partial charge is 0.283 e. The zero-order chi connectivity index (χ0) is 15.3. The van der Waals surface area contributed by atoms with Crippen LogP contribution < -0.4 is 0 Å². The monoisotopic (exact) mass is 320 g/mol. The number of ether oxygens (including phenoxy) is 1. The molecule has 0 aromatic heterocycles. The van der Waals surface area contributed by atoms with Crippen molar-refractivity contribution in [2.24, 2.45) is 0 Å². The number of nitrogens with zero attached hydrogens (tertiary/aromatic N) is 2. The van der Waals surface area contributed by atoms with Gasteiger partial charge in [-0.3, -0.25) is 14.9 Å². The molecular weight excluding hydrogens is 307 g/mol. The lowest BCUT2D eigenvalue weighted by Crippen LogP contribution is -2.34. The highest BCUT2D eigenvalue weighted by Gasteiger charge is 2.24. The number of nitro groups is 1. The van der Waals surface area contributed by atoms with Crippen LogP contribution in [0.2, 0.25) is 5.02 Å². The molecule has 1 rings (SSSR count). The summed E-state index contributed by atoms with van der Waals surface area (Å²) in [6, 6.07) is 3.91. The van der Waals surface area contributed by atoms with Gasteiger partial charge in [0.15, 0.2) is 0 Å². The zero-order valence-corrected chi connectivity index (χ0v) is 12.5. The first-order valence-electron chi connectivity index (χ1n) is 5.69. The molecule has 0 saturated heterocycles. The SMILES string of the molecule is COCC(Cl)CN(C)C(=O)c1ccc(Cl)cc1[N+](=O)[O-]. The molecule has 0 fully saturated rings. The average Bonchev–Trinajstić information content (AvgIpc) is 2.37. The summed E-state index contributed by atoms with van der Waals surface area (Å²) in [6.07, 6.45) is 0. The van der Waals surface area contributed by atoms with Crippen LogP contribution in [0.5, 0.6) is 0 Å². The number of carbonyl (C=O) groups excluding carboxylic acids is 1. The Morgan fingerprint density at radius 1 is 1.55 bits per heavy atom. The first-order chi connectivity index (χ1) is 9.36. The van der Waals surface area contributed by atoms with Crippen molar-refractivity contribution in [2.45, 2.75) is 5.38 Å². The summed E-state index contributed by atoms with van der Waals surface area (Å²) in [6.45, 7) is 0.496. The van der Waals surface area contributed by atoms with Gasteiger partial charge in [-0.05, 0) is 12.1 Å². The molecule has 0 N–H and O–H groups in total. The highest BCUT2D eigenvalue weighted by molar-refractivity contribution is 6.31. The van der Waals surface area contributed by atoms with E-state index in [-0.39, 0.29) is 34.8 Å². The van der Waals surface area contributed by atoms with Crippen molar-refractivity contribution in [3.8, 4) is 0 Å². The molecule has 1 aromatic rings. The third kappa shape index (κ3) is 4.33. The molecule has 0 saturated carbocycles. The fraction of sp³-hybridized carbons (Fsp3) is 0.417. The second-order valence-corrected chi connectivity index (χ2v) is 5.21. The van der Waals surface area contributed by atoms with Crippen LogP contribution in [-0.2, 0) is 4.74 Å². The van der Waals surface area contributed by atoms with Gasteiger partial charge in [-0.25, -0.2) is 0 Å². The molecule has 1 unspecified atom stereocenters.